The van der Waals surface area contributed by atoms with Crippen molar-refractivity contribution in [1.29, 1.82) is 0 Å². The standard InChI is InChI=1S/C45H53ClN2O3S/c1-31-8-7-22-44(3)40(38-19-13-33(28-37(49)18-11-31)29-39(38)43(50)41-20-12-32(2)52-41)21-23-45(44,51)30-47-24-26-48(27-25-47)42(34-9-5-4-6-10-34)35-14-16-36(46)17-15-35/h4-6,8-10,12-17,19-20,29,37,40,42,49,51H,7,11,18,21-28,30H2,1-3H3. The number of carbonyl (C=O) groups is 1. The highest BCUT2D eigenvalue weighted by atomic mass is 35.5. The van der Waals surface area contributed by atoms with Crippen molar-refractivity contribution in [2.75, 3.05) is 32.7 Å². The second kappa shape index (κ2) is 15.7. The van der Waals surface area contributed by atoms with Crippen LogP contribution >= 0.6 is 22.9 Å². The highest BCUT2D eigenvalue weighted by Crippen LogP contribution is 2.59. The molecule has 3 aromatic carbocycles. The molecule has 4 aromatic rings. The lowest BCUT2D eigenvalue weighted by molar-refractivity contribution is -0.0894. The van der Waals surface area contributed by atoms with Crippen molar-refractivity contribution in [3.63, 3.8) is 0 Å². The van der Waals surface area contributed by atoms with E-state index in [-0.39, 0.29) is 17.7 Å². The molecule has 52 heavy (non-hydrogen) atoms. The maximum atomic E-state index is 14.3. The molecule has 4 aliphatic rings. The fraction of sp³-hybridized carbons (Fsp3) is 0.444. The van der Waals surface area contributed by atoms with Crippen LogP contribution in [0.2, 0.25) is 5.02 Å². The summed E-state index contributed by atoms with van der Waals surface area (Å²) in [7, 11) is 0. The Labute approximate surface area is 319 Å². The van der Waals surface area contributed by atoms with Crippen LogP contribution in [0.5, 0.6) is 0 Å². The third-order valence-electron chi connectivity index (χ3n) is 12.4. The molecule has 1 saturated heterocycles. The minimum absolute atomic E-state index is 0.0294. The Kier molecular flexibility index (Phi) is 11.2. The quantitative estimate of drug-likeness (QED) is 0.146. The zero-order valence-corrected chi connectivity index (χ0v) is 32.4. The van der Waals surface area contributed by atoms with Gasteiger partial charge in [-0.15, -0.1) is 11.3 Å². The summed E-state index contributed by atoms with van der Waals surface area (Å²) >= 11 is 7.83. The summed E-state index contributed by atoms with van der Waals surface area (Å²) in [6.45, 7) is 10.7. The van der Waals surface area contributed by atoms with E-state index in [0.29, 0.717) is 25.8 Å². The second-order valence-electron chi connectivity index (χ2n) is 15.9. The molecular formula is C45H53ClN2O3S. The minimum atomic E-state index is -0.914. The number of piperazine rings is 1. The largest absolute Gasteiger partial charge is 0.393 e. The van der Waals surface area contributed by atoms with Crippen LogP contribution in [0, 0.1) is 12.3 Å². The third kappa shape index (κ3) is 7.75. The molecule has 274 valence electrons. The van der Waals surface area contributed by atoms with Crippen LogP contribution in [-0.4, -0.2) is 70.2 Å². The van der Waals surface area contributed by atoms with Crippen LogP contribution in [0.15, 0.2) is 96.6 Å². The fourth-order valence-electron chi connectivity index (χ4n) is 9.33. The number of allylic oxidation sites excluding steroid dienone is 2. The summed E-state index contributed by atoms with van der Waals surface area (Å²) < 4.78 is 0. The minimum Gasteiger partial charge on any atom is -0.393 e. The number of thiophene rings is 1. The van der Waals surface area contributed by atoms with Gasteiger partial charge in [0.05, 0.1) is 22.6 Å². The summed E-state index contributed by atoms with van der Waals surface area (Å²) in [6, 6.07) is 29.4. The lowest BCUT2D eigenvalue weighted by Crippen LogP contribution is -2.56. The maximum Gasteiger partial charge on any atom is 0.203 e. The van der Waals surface area contributed by atoms with E-state index in [2.05, 4.69) is 84.3 Å². The Balaban J connectivity index is 1.17. The van der Waals surface area contributed by atoms with Crippen molar-refractivity contribution in [2.24, 2.45) is 5.41 Å². The first-order valence-corrected chi connectivity index (χ1v) is 20.3. The van der Waals surface area contributed by atoms with Crippen molar-refractivity contribution < 1.29 is 15.0 Å². The van der Waals surface area contributed by atoms with Crippen LogP contribution in [0.1, 0.15) is 107 Å². The van der Waals surface area contributed by atoms with Gasteiger partial charge in [-0.2, -0.15) is 0 Å². The average molecular weight is 737 g/mol. The van der Waals surface area contributed by atoms with Gasteiger partial charge in [-0.3, -0.25) is 14.6 Å². The molecule has 8 rings (SSSR count). The molecule has 2 heterocycles. The van der Waals surface area contributed by atoms with E-state index in [1.807, 2.05) is 37.3 Å². The number of halogens is 1. The van der Waals surface area contributed by atoms with E-state index in [0.717, 1.165) is 83.3 Å². The number of nitrogens with zero attached hydrogens (tertiary/aromatic N) is 2. The number of fused-ring (bicyclic) bond motifs is 8. The lowest BCUT2D eigenvalue weighted by Gasteiger charge is -2.48. The van der Waals surface area contributed by atoms with Crippen molar-refractivity contribution in [3.8, 4) is 0 Å². The number of β-amino-alcohol motifs (C(OH)–C–C–N with tert-alkyl or cyclic N) is 1. The van der Waals surface area contributed by atoms with E-state index in [1.54, 1.807) is 0 Å². The number of aryl methyl sites for hydroxylation is 1. The molecule has 3 aliphatic carbocycles. The Bertz CT molecular complexity index is 1880. The molecule has 1 saturated carbocycles. The number of carbonyl (C=O) groups excluding carboxylic acids is 1. The van der Waals surface area contributed by atoms with Crippen molar-refractivity contribution in [2.45, 2.75) is 89.4 Å². The average Bonchev–Trinajstić information content (AvgIpc) is 3.68. The lowest BCUT2D eigenvalue weighted by atomic mass is 9.64. The number of aliphatic hydroxyl groups is 2. The number of benzene rings is 3. The first kappa shape index (κ1) is 37.2. The van der Waals surface area contributed by atoms with Crippen LogP contribution in [-0.2, 0) is 6.42 Å². The molecule has 2 fully saturated rings. The Morgan fingerprint density at radius 2 is 1.65 bits per heavy atom. The molecule has 1 aliphatic heterocycles. The first-order valence-electron chi connectivity index (χ1n) is 19.1. The molecule has 2 bridgehead atoms. The Morgan fingerprint density at radius 3 is 2.37 bits per heavy atom. The number of hydrogen-bond acceptors (Lipinski definition) is 6. The predicted octanol–water partition coefficient (Wildman–Crippen LogP) is 9.39. The molecule has 7 heteroatoms. The summed E-state index contributed by atoms with van der Waals surface area (Å²) in [6.07, 6.45) is 7.13. The molecule has 2 N–H and O–H groups in total. The molecule has 1 aromatic heterocycles. The molecule has 0 amide bonds. The van der Waals surface area contributed by atoms with Gasteiger partial charge in [-0.25, -0.2) is 0 Å². The van der Waals surface area contributed by atoms with Gasteiger partial charge in [-0.1, -0.05) is 84.8 Å². The molecule has 5 atom stereocenters. The van der Waals surface area contributed by atoms with Crippen LogP contribution < -0.4 is 0 Å². The van der Waals surface area contributed by atoms with Gasteiger partial charge in [-0.05, 0) is 117 Å². The highest BCUT2D eigenvalue weighted by molar-refractivity contribution is 7.14. The maximum absolute atomic E-state index is 14.3. The molecule has 5 nitrogen and oxygen atoms in total. The van der Waals surface area contributed by atoms with Gasteiger partial charge in [0.2, 0.25) is 5.78 Å². The third-order valence-corrected chi connectivity index (χ3v) is 13.7. The topological polar surface area (TPSA) is 64.0 Å². The Morgan fingerprint density at radius 1 is 0.923 bits per heavy atom. The zero-order chi connectivity index (χ0) is 36.5. The number of ketones is 1. The molecule has 5 unspecified atom stereocenters. The van der Waals surface area contributed by atoms with E-state index in [9.17, 15) is 15.0 Å². The van der Waals surface area contributed by atoms with Crippen molar-refractivity contribution in [1.82, 2.24) is 9.80 Å². The molecular weight excluding hydrogens is 684 g/mol. The van der Waals surface area contributed by atoms with Crippen LogP contribution in [0.3, 0.4) is 0 Å². The monoisotopic (exact) mass is 736 g/mol. The van der Waals surface area contributed by atoms with E-state index < -0.39 is 17.1 Å². The van der Waals surface area contributed by atoms with Crippen molar-refractivity contribution >= 4 is 28.7 Å². The second-order valence-corrected chi connectivity index (χ2v) is 17.6. The van der Waals surface area contributed by atoms with Crippen LogP contribution in [0.4, 0.5) is 0 Å². The van der Waals surface area contributed by atoms with Gasteiger partial charge in [0, 0.05) is 53.6 Å². The van der Waals surface area contributed by atoms with Gasteiger partial charge in [0.25, 0.3) is 0 Å². The van der Waals surface area contributed by atoms with Gasteiger partial charge in [0.15, 0.2) is 0 Å². The number of rotatable bonds is 7. The van der Waals surface area contributed by atoms with E-state index >= 15 is 0 Å². The van der Waals surface area contributed by atoms with E-state index in [4.69, 9.17) is 11.6 Å². The SMILES string of the molecule is CC1=CCCC2(C)C(CCC2(O)CN2CCN(C(c3ccccc3)c3ccc(Cl)cc3)CC2)c2ccc(cc2C(=O)c2ccc(C)s2)CC(O)CC1. The molecule has 0 radical (unpaired) electrons. The zero-order valence-electron chi connectivity index (χ0n) is 30.9. The van der Waals surface area contributed by atoms with Gasteiger partial charge < -0.3 is 10.2 Å². The smallest absolute Gasteiger partial charge is 0.203 e. The number of hydrogen-bond donors (Lipinski definition) is 2. The van der Waals surface area contributed by atoms with Gasteiger partial charge >= 0.3 is 0 Å². The normalized spacial score (nSPS) is 26.8. The fourth-order valence-corrected chi connectivity index (χ4v) is 10.3. The first-order chi connectivity index (χ1) is 25.0. The van der Waals surface area contributed by atoms with Gasteiger partial charge in [0.1, 0.15) is 0 Å². The van der Waals surface area contributed by atoms with E-state index in [1.165, 1.54) is 28.0 Å². The predicted molar refractivity (Wildman–Crippen MR) is 214 cm³/mol. The van der Waals surface area contributed by atoms with Crippen molar-refractivity contribution in [3.05, 3.63) is 139 Å². The molecule has 0 spiro atoms. The highest BCUT2D eigenvalue weighted by Gasteiger charge is 2.57. The summed E-state index contributed by atoms with van der Waals surface area (Å²) in [5.41, 5.74) is 5.22. The Hall–Kier alpha value is -3.10. The summed E-state index contributed by atoms with van der Waals surface area (Å²) in [4.78, 5) is 21.2. The summed E-state index contributed by atoms with van der Waals surface area (Å²) in [5.74, 6) is 0.0802. The summed E-state index contributed by atoms with van der Waals surface area (Å²) in [5, 5.41) is 24.7. The number of aliphatic hydroxyl groups excluding tert-OH is 1. The van der Waals surface area contributed by atoms with Crippen LogP contribution in [0.25, 0.3) is 0 Å².